The summed E-state index contributed by atoms with van der Waals surface area (Å²) in [5.41, 5.74) is 4.26. The second-order valence-corrected chi connectivity index (χ2v) is 7.99. The lowest BCUT2D eigenvalue weighted by molar-refractivity contribution is 0.0930. The Hall–Kier alpha value is -2.72. The van der Waals surface area contributed by atoms with E-state index in [0.717, 1.165) is 28.4 Å². The predicted molar refractivity (Wildman–Crippen MR) is 119 cm³/mol. The van der Waals surface area contributed by atoms with Gasteiger partial charge in [-0.05, 0) is 55.7 Å². The molecular formula is C24H27ClN2O2. The van der Waals surface area contributed by atoms with Crippen molar-refractivity contribution in [3.63, 3.8) is 0 Å². The molecule has 0 saturated heterocycles. The molecule has 1 heterocycles. The van der Waals surface area contributed by atoms with Gasteiger partial charge in [-0.25, -0.2) is 0 Å². The zero-order valence-electron chi connectivity index (χ0n) is 17.5. The first kappa shape index (κ1) is 21.0. The second kappa shape index (κ2) is 8.75. The summed E-state index contributed by atoms with van der Waals surface area (Å²) < 4.78 is 7.65. The molecule has 0 unspecified atom stereocenters. The zero-order chi connectivity index (χ0) is 21.1. The van der Waals surface area contributed by atoms with Crippen LogP contribution in [0.5, 0.6) is 5.75 Å². The summed E-state index contributed by atoms with van der Waals surface area (Å²) in [6, 6.07) is 17.4. The van der Waals surface area contributed by atoms with Gasteiger partial charge in [0, 0.05) is 16.8 Å². The second-order valence-electron chi connectivity index (χ2n) is 7.55. The maximum atomic E-state index is 13.0. The summed E-state index contributed by atoms with van der Waals surface area (Å²) in [6.45, 7) is 8.17. The van der Waals surface area contributed by atoms with E-state index in [-0.39, 0.29) is 11.9 Å². The van der Waals surface area contributed by atoms with E-state index in [0.29, 0.717) is 16.5 Å². The summed E-state index contributed by atoms with van der Waals surface area (Å²) in [4.78, 5) is 13.0. The van der Waals surface area contributed by atoms with Crippen LogP contribution in [0.15, 0.2) is 54.6 Å². The van der Waals surface area contributed by atoms with E-state index in [4.69, 9.17) is 16.3 Å². The van der Waals surface area contributed by atoms with Gasteiger partial charge in [-0.15, -0.1) is 0 Å². The third-order valence-corrected chi connectivity index (χ3v) is 5.57. The summed E-state index contributed by atoms with van der Waals surface area (Å²) in [7, 11) is 1.65. The lowest BCUT2D eigenvalue weighted by atomic mass is 10.1. The summed E-state index contributed by atoms with van der Waals surface area (Å²) >= 11 is 6.09. The Kier molecular flexibility index (Phi) is 6.33. The van der Waals surface area contributed by atoms with Gasteiger partial charge in [-0.2, -0.15) is 0 Å². The minimum absolute atomic E-state index is 0.0763. The van der Waals surface area contributed by atoms with Crippen molar-refractivity contribution in [1.29, 1.82) is 0 Å². The van der Waals surface area contributed by atoms with Gasteiger partial charge in [0.2, 0.25) is 0 Å². The number of amides is 1. The standard InChI is InChI=1S/C24H27ClN2O2/c1-15(2)16(3)26-24(28)20-14-22(18-10-12-19(25)13-11-18)27(17(20)4)21-8-6-7-9-23(21)29-5/h6-16H,1-5H3,(H,26,28)/t16-/m0/s1. The number of carbonyl (C=O) groups is 1. The van der Waals surface area contributed by atoms with E-state index >= 15 is 0 Å². The number of nitrogens with zero attached hydrogens (tertiary/aromatic N) is 1. The molecule has 0 spiro atoms. The Labute approximate surface area is 177 Å². The molecule has 0 aliphatic rings. The summed E-state index contributed by atoms with van der Waals surface area (Å²) in [5.74, 6) is 1.02. The smallest absolute Gasteiger partial charge is 0.253 e. The number of hydrogen-bond donors (Lipinski definition) is 1. The maximum absolute atomic E-state index is 13.0. The van der Waals surface area contributed by atoms with Gasteiger partial charge in [-0.3, -0.25) is 4.79 Å². The third-order valence-electron chi connectivity index (χ3n) is 5.32. The highest BCUT2D eigenvalue weighted by Crippen LogP contribution is 2.34. The van der Waals surface area contributed by atoms with Crippen LogP contribution in [0.25, 0.3) is 16.9 Å². The molecule has 1 atom stereocenters. The minimum atomic E-state index is -0.0763. The summed E-state index contributed by atoms with van der Waals surface area (Å²) in [5, 5.41) is 3.78. The molecule has 1 aromatic heterocycles. The fourth-order valence-corrected chi connectivity index (χ4v) is 3.37. The highest BCUT2D eigenvalue weighted by molar-refractivity contribution is 6.30. The van der Waals surface area contributed by atoms with Crippen LogP contribution in [-0.4, -0.2) is 23.6 Å². The molecule has 3 rings (SSSR count). The van der Waals surface area contributed by atoms with Crippen molar-refractivity contribution in [2.24, 2.45) is 5.92 Å². The van der Waals surface area contributed by atoms with Crippen molar-refractivity contribution in [3.05, 3.63) is 70.9 Å². The molecule has 2 aromatic carbocycles. The number of carbonyl (C=O) groups excluding carboxylic acids is 1. The van der Waals surface area contributed by atoms with Gasteiger partial charge in [0.05, 0.1) is 24.1 Å². The SMILES string of the molecule is COc1ccccc1-n1c(-c2ccc(Cl)cc2)cc(C(=O)N[C@@H](C)C(C)C)c1C. The van der Waals surface area contributed by atoms with Crippen LogP contribution in [0, 0.1) is 12.8 Å². The van der Waals surface area contributed by atoms with Crippen LogP contribution in [0.2, 0.25) is 5.02 Å². The largest absolute Gasteiger partial charge is 0.495 e. The van der Waals surface area contributed by atoms with Crippen molar-refractivity contribution < 1.29 is 9.53 Å². The Bertz CT molecular complexity index is 1010. The van der Waals surface area contributed by atoms with E-state index in [1.807, 2.05) is 68.4 Å². The number of ether oxygens (including phenoxy) is 1. The molecule has 5 heteroatoms. The van der Waals surface area contributed by atoms with Crippen LogP contribution in [-0.2, 0) is 0 Å². The van der Waals surface area contributed by atoms with Gasteiger partial charge in [0.1, 0.15) is 5.75 Å². The predicted octanol–water partition coefficient (Wildman–Crippen LogP) is 5.89. The molecule has 29 heavy (non-hydrogen) atoms. The van der Waals surface area contributed by atoms with Gasteiger partial charge in [0.15, 0.2) is 0 Å². The van der Waals surface area contributed by atoms with Crippen LogP contribution in [0.1, 0.15) is 36.8 Å². The first-order valence-electron chi connectivity index (χ1n) is 9.76. The molecule has 0 bridgehead atoms. The Morgan fingerprint density at radius 1 is 1.07 bits per heavy atom. The Morgan fingerprint density at radius 2 is 1.72 bits per heavy atom. The fourth-order valence-electron chi connectivity index (χ4n) is 3.25. The molecular weight excluding hydrogens is 384 g/mol. The number of methoxy groups -OCH3 is 1. The van der Waals surface area contributed by atoms with Crippen LogP contribution in [0.4, 0.5) is 0 Å². The molecule has 0 saturated carbocycles. The highest BCUT2D eigenvalue weighted by Gasteiger charge is 2.22. The lowest BCUT2D eigenvalue weighted by Gasteiger charge is -2.18. The third kappa shape index (κ3) is 4.33. The monoisotopic (exact) mass is 410 g/mol. The van der Waals surface area contributed by atoms with Crippen molar-refractivity contribution in [2.45, 2.75) is 33.7 Å². The first-order valence-corrected chi connectivity index (χ1v) is 10.1. The van der Waals surface area contributed by atoms with E-state index in [1.54, 1.807) is 7.11 Å². The van der Waals surface area contributed by atoms with E-state index < -0.39 is 0 Å². The van der Waals surface area contributed by atoms with Crippen LogP contribution in [0.3, 0.4) is 0 Å². The molecule has 1 amide bonds. The van der Waals surface area contributed by atoms with Crippen molar-refractivity contribution >= 4 is 17.5 Å². The molecule has 152 valence electrons. The molecule has 0 fully saturated rings. The topological polar surface area (TPSA) is 43.3 Å². The number of nitrogens with one attached hydrogen (secondary N) is 1. The summed E-state index contributed by atoms with van der Waals surface area (Å²) in [6.07, 6.45) is 0. The van der Waals surface area contributed by atoms with E-state index in [1.165, 1.54) is 0 Å². The molecule has 0 aliphatic heterocycles. The van der Waals surface area contributed by atoms with Crippen LogP contribution < -0.4 is 10.1 Å². The number of hydrogen-bond acceptors (Lipinski definition) is 2. The molecule has 1 N–H and O–H groups in total. The first-order chi connectivity index (χ1) is 13.8. The molecule has 0 aliphatic carbocycles. The molecule has 3 aromatic rings. The molecule has 0 radical (unpaired) electrons. The Balaban J connectivity index is 2.18. The number of halogens is 1. The van der Waals surface area contributed by atoms with Crippen LogP contribution >= 0.6 is 11.6 Å². The van der Waals surface area contributed by atoms with Gasteiger partial charge in [0.25, 0.3) is 5.91 Å². The van der Waals surface area contributed by atoms with Crippen molar-refractivity contribution in [1.82, 2.24) is 9.88 Å². The highest BCUT2D eigenvalue weighted by atomic mass is 35.5. The van der Waals surface area contributed by atoms with Gasteiger partial charge in [-0.1, -0.05) is 49.7 Å². The maximum Gasteiger partial charge on any atom is 0.253 e. The number of benzene rings is 2. The Morgan fingerprint density at radius 3 is 2.34 bits per heavy atom. The fraction of sp³-hybridized carbons (Fsp3) is 0.292. The lowest BCUT2D eigenvalue weighted by Crippen LogP contribution is -2.36. The van der Waals surface area contributed by atoms with E-state index in [9.17, 15) is 4.79 Å². The van der Waals surface area contributed by atoms with Gasteiger partial charge >= 0.3 is 0 Å². The number of rotatable bonds is 6. The van der Waals surface area contributed by atoms with Crippen molar-refractivity contribution in [2.75, 3.05) is 7.11 Å². The zero-order valence-corrected chi connectivity index (χ0v) is 18.2. The average Bonchev–Trinajstić information content (AvgIpc) is 3.05. The van der Waals surface area contributed by atoms with Gasteiger partial charge < -0.3 is 14.6 Å². The average molecular weight is 411 g/mol. The quantitative estimate of drug-likeness (QED) is 0.550. The normalized spacial score (nSPS) is 12.1. The van der Waals surface area contributed by atoms with Crippen molar-refractivity contribution in [3.8, 4) is 22.7 Å². The number of aromatic nitrogens is 1. The minimum Gasteiger partial charge on any atom is -0.495 e. The molecule has 4 nitrogen and oxygen atoms in total. The number of para-hydroxylation sites is 2. The van der Waals surface area contributed by atoms with E-state index in [2.05, 4.69) is 23.7 Å².